The first-order valence-corrected chi connectivity index (χ1v) is 6.24. The second-order valence-corrected chi connectivity index (χ2v) is 4.51. The average molecular weight is 288 g/mol. The van der Waals surface area contributed by atoms with Crippen LogP contribution in [0.15, 0.2) is 10.7 Å². The Balaban J connectivity index is 2.72. The molecular weight excluding hydrogens is 270 g/mol. The number of nitrogens with one attached hydrogen (secondary N) is 1. The molecule has 0 amide bonds. The topological polar surface area (TPSA) is 47.0 Å². The molecule has 5 heteroatoms. The lowest BCUT2D eigenvalue weighted by Crippen LogP contribution is -2.13. The van der Waals surface area contributed by atoms with E-state index in [1.54, 1.807) is 13.3 Å². The van der Waals surface area contributed by atoms with Crippen LogP contribution in [0.1, 0.15) is 26.1 Å². The molecule has 0 aliphatic heterocycles. The van der Waals surface area contributed by atoms with Crippen LogP contribution in [-0.2, 0) is 11.2 Å². The van der Waals surface area contributed by atoms with Gasteiger partial charge in [0.25, 0.3) is 0 Å². The third kappa shape index (κ3) is 4.06. The van der Waals surface area contributed by atoms with Crippen LogP contribution in [0.3, 0.4) is 0 Å². The van der Waals surface area contributed by atoms with Gasteiger partial charge in [-0.25, -0.2) is 9.97 Å². The second-order valence-electron chi connectivity index (χ2n) is 3.66. The minimum absolute atomic E-state index is 0.139. The van der Waals surface area contributed by atoms with Crippen LogP contribution in [0, 0.1) is 0 Å². The lowest BCUT2D eigenvalue weighted by molar-refractivity contribution is 0.117. The Morgan fingerprint density at radius 3 is 2.94 bits per heavy atom. The number of methoxy groups -OCH3 is 1. The summed E-state index contributed by atoms with van der Waals surface area (Å²) >= 11 is 3.43. The van der Waals surface area contributed by atoms with Crippen molar-refractivity contribution in [3.63, 3.8) is 0 Å². The molecule has 0 radical (unpaired) electrons. The van der Waals surface area contributed by atoms with Crippen molar-refractivity contribution in [1.29, 1.82) is 0 Å². The highest BCUT2D eigenvalue weighted by Gasteiger charge is 2.07. The monoisotopic (exact) mass is 287 g/mol. The zero-order chi connectivity index (χ0) is 12.0. The van der Waals surface area contributed by atoms with Crippen LogP contribution in [0.25, 0.3) is 0 Å². The predicted octanol–water partition coefficient (Wildman–Crippen LogP) is 2.64. The fraction of sp³-hybridized carbons (Fsp3) is 0.636. The van der Waals surface area contributed by atoms with Gasteiger partial charge < -0.3 is 10.1 Å². The van der Waals surface area contributed by atoms with Gasteiger partial charge in [-0.15, -0.1) is 0 Å². The molecule has 0 saturated heterocycles. The molecule has 0 aromatic carbocycles. The smallest absolute Gasteiger partial charge is 0.144 e. The number of anilines is 1. The summed E-state index contributed by atoms with van der Waals surface area (Å²) in [6, 6.07) is 0. The Morgan fingerprint density at radius 1 is 1.56 bits per heavy atom. The van der Waals surface area contributed by atoms with Crippen molar-refractivity contribution < 1.29 is 4.74 Å². The van der Waals surface area contributed by atoms with Crippen molar-refractivity contribution in [3.8, 4) is 0 Å². The van der Waals surface area contributed by atoms with Gasteiger partial charge in [-0.1, -0.05) is 6.92 Å². The highest BCUT2D eigenvalue weighted by molar-refractivity contribution is 9.10. The lowest BCUT2D eigenvalue weighted by atomic mass is 10.2. The van der Waals surface area contributed by atoms with Gasteiger partial charge in [0.15, 0.2) is 0 Å². The molecule has 0 bridgehead atoms. The summed E-state index contributed by atoms with van der Waals surface area (Å²) in [5, 5.41) is 3.26. The van der Waals surface area contributed by atoms with Crippen molar-refractivity contribution in [2.24, 2.45) is 0 Å². The normalized spacial score (nSPS) is 12.5. The van der Waals surface area contributed by atoms with E-state index in [9.17, 15) is 0 Å². The molecule has 0 aliphatic rings. The lowest BCUT2D eigenvalue weighted by Gasteiger charge is -2.10. The summed E-state index contributed by atoms with van der Waals surface area (Å²) in [6.07, 6.45) is 3.72. The van der Waals surface area contributed by atoms with E-state index in [4.69, 9.17) is 4.74 Å². The van der Waals surface area contributed by atoms with Crippen molar-refractivity contribution >= 4 is 21.7 Å². The highest BCUT2D eigenvalue weighted by atomic mass is 79.9. The Labute approximate surface area is 105 Å². The second kappa shape index (κ2) is 6.81. The Hall–Kier alpha value is -0.680. The first-order chi connectivity index (χ1) is 7.67. The number of hydrogen-bond donors (Lipinski definition) is 1. The number of ether oxygens (including phenoxy) is 1. The van der Waals surface area contributed by atoms with E-state index in [0.717, 1.165) is 35.5 Å². The molecule has 0 spiro atoms. The number of rotatable bonds is 6. The highest BCUT2D eigenvalue weighted by Crippen LogP contribution is 2.19. The predicted molar refractivity (Wildman–Crippen MR) is 68.7 cm³/mol. The Morgan fingerprint density at radius 2 is 2.31 bits per heavy atom. The van der Waals surface area contributed by atoms with Crippen LogP contribution in [-0.4, -0.2) is 29.7 Å². The quantitative estimate of drug-likeness (QED) is 0.874. The maximum atomic E-state index is 5.19. The van der Waals surface area contributed by atoms with Crippen LogP contribution < -0.4 is 5.32 Å². The molecule has 1 aromatic heterocycles. The van der Waals surface area contributed by atoms with Crippen molar-refractivity contribution in [2.75, 3.05) is 19.0 Å². The largest absolute Gasteiger partial charge is 0.381 e. The Bertz CT molecular complexity index is 333. The SMILES string of the molecule is CCCNc1nc(CC(C)OC)ncc1Br. The van der Waals surface area contributed by atoms with E-state index in [0.29, 0.717) is 0 Å². The van der Waals surface area contributed by atoms with Gasteiger partial charge in [-0.05, 0) is 29.3 Å². The molecule has 0 aliphatic carbocycles. The number of hydrogen-bond acceptors (Lipinski definition) is 4. The van der Waals surface area contributed by atoms with Gasteiger partial charge in [0, 0.05) is 26.3 Å². The number of halogens is 1. The number of aromatic nitrogens is 2. The van der Waals surface area contributed by atoms with E-state index < -0.39 is 0 Å². The molecular formula is C11H18BrN3O. The summed E-state index contributed by atoms with van der Waals surface area (Å²) in [6.45, 7) is 5.04. The van der Waals surface area contributed by atoms with Gasteiger partial charge >= 0.3 is 0 Å². The zero-order valence-corrected chi connectivity index (χ0v) is 11.5. The maximum Gasteiger partial charge on any atom is 0.144 e. The van der Waals surface area contributed by atoms with Gasteiger partial charge in [-0.3, -0.25) is 0 Å². The van der Waals surface area contributed by atoms with E-state index in [-0.39, 0.29) is 6.10 Å². The minimum atomic E-state index is 0.139. The van der Waals surface area contributed by atoms with Crippen LogP contribution in [0.5, 0.6) is 0 Å². The fourth-order valence-corrected chi connectivity index (χ4v) is 1.54. The molecule has 1 atom stereocenters. The molecule has 90 valence electrons. The first-order valence-electron chi connectivity index (χ1n) is 5.45. The van der Waals surface area contributed by atoms with Gasteiger partial charge in [-0.2, -0.15) is 0 Å². The third-order valence-corrected chi connectivity index (χ3v) is 2.79. The summed E-state index contributed by atoms with van der Waals surface area (Å²) in [5.41, 5.74) is 0. The van der Waals surface area contributed by atoms with E-state index in [1.807, 2.05) is 6.92 Å². The number of nitrogens with zero attached hydrogens (tertiary/aromatic N) is 2. The third-order valence-electron chi connectivity index (χ3n) is 2.21. The van der Waals surface area contributed by atoms with E-state index in [1.165, 1.54) is 0 Å². The maximum absolute atomic E-state index is 5.19. The van der Waals surface area contributed by atoms with Crippen molar-refractivity contribution in [2.45, 2.75) is 32.8 Å². The Kier molecular flexibility index (Phi) is 5.69. The zero-order valence-electron chi connectivity index (χ0n) is 9.96. The molecule has 1 unspecified atom stereocenters. The average Bonchev–Trinajstić information content (AvgIpc) is 2.29. The van der Waals surface area contributed by atoms with Crippen LogP contribution >= 0.6 is 15.9 Å². The van der Waals surface area contributed by atoms with Crippen molar-refractivity contribution in [1.82, 2.24) is 9.97 Å². The molecule has 16 heavy (non-hydrogen) atoms. The van der Waals surface area contributed by atoms with Gasteiger partial charge in [0.2, 0.25) is 0 Å². The summed E-state index contributed by atoms with van der Waals surface area (Å²) in [5.74, 6) is 1.66. The molecule has 1 N–H and O–H groups in total. The molecule has 1 heterocycles. The fourth-order valence-electron chi connectivity index (χ4n) is 1.21. The molecule has 4 nitrogen and oxygen atoms in total. The summed E-state index contributed by atoms with van der Waals surface area (Å²) in [7, 11) is 1.69. The molecule has 1 aromatic rings. The summed E-state index contributed by atoms with van der Waals surface area (Å²) < 4.78 is 6.09. The first kappa shape index (κ1) is 13.4. The summed E-state index contributed by atoms with van der Waals surface area (Å²) in [4.78, 5) is 8.71. The molecule has 1 rings (SSSR count). The standard InChI is InChI=1S/C11H18BrN3O/c1-4-5-13-11-9(12)7-14-10(15-11)6-8(2)16-3/h7-8H,4-6H2,1-3H3,(H,13,14,15). The van der Waals surface area contributed by atoms with Crippen molar-refractivity contribution in [3.05, 3.63) is 16.5 Å². The minimum Gasteiger partial charge on any atom is -0.381 e. The van der Waals surface area contributed by atoms with E-state index in [2.05, 4.69) is 38.1 Å². The molecule has 0 saturated carbocycles. The van der Waals surface area contributed by atoms with Crippen LogP contribution in [0.4, 0.5) is 5.82 Å². The van der Waals surface area contributed by atoms with Gasteiger partial charge in [0.1, 0.15) is 11.6 Å². The van der Waals surface area contributed by atoms with Gasteiger partial charge in [0.05, 0.1) is 10.6 Å². The van der Waals surface area contributed by atoms with Crippen LogP contribution in [0.2, 0.25) is 0 Å². The van der Waals surface area contributed by atoms with E-state index >= 15 is 0 Å². The molecule has 0 fully saturated rings.